The van der Waals surface area contributed by atoms with Crippen LogP contribution in [0.15, 0.2) is 0 Å². The summed E-state index contributed by atoms with van der Waals surface area (Å²) in [6, 6.07) is -0.974. The number of carboxylic acid groups (broad SMARTS) is 1. The lowest BCUT2D eigenvalue weighted by atomic mass is 10.2. The third kappa shape index (κ3) is 3.69. The van der Waals surface area contributed by atoms with Crippen molar-refractivity contribution >= 4 is 21.7 Å². The van der Waals surface area contributed by atoms with Gasteiger partial charge in [0.05, 0.1) is 18.1 Å². The van der Waals surface area contributed by atoms with E-state index >= 15 is 0 Å². The molecule has 2 N–H and O–H groups in total. The maximum Gasteiger partial charge on any atom is 0.320 e. The van der Waals surface area contributed by atoms with Crippen LogP contribution in [0.25, 0.3) is 0 Å². The zero-order valence-corrected chi connectivity index (χ0v) is 12.2. The van der Waals surface area contributed by atoms with Gasteiger partial charge >= 0.3 is 5.97 Å². The second kappa shape index (κ2) is 5.69. The highest BCUT2D eigenvalue weighted by atomic mass is 32.2. The Hall–Kier alpha value is -1.15. The van der Waals surface area contributed by atoms with E-state index in [2.05, 4.69) is 5.32 Å². The molecule has 0 aromatic carbocycles. The van der Waals surface area contributed by atoms with E-state index in [0.29, 0.717) is 6.42 Å². The van der Waals surface area contributed by atoms with E-state index in [4.69, 9.17) is 5.11 Å². The van der Waals surface area contributed by atoms with Gasteiger partial charge in [0.2, 0.25) is 5.91 Å². The molecule has 0 bridgehead atoms. The molecule has 0 radical (unpaired) electrons. The lowest BCUT2D eigenvalue weighted by Gasteiger charge is -2.24. The maximum absolute atomic E-state index is 12.0. The monoisotopic (exact) mass is 304 g/mol. The van der Waals surface area contributed by atoms with Crippen LogP contribution in [0.1, 0.15) is 19.3 Å². The number of hydrogen-bond acceptors (Lipinski definition) is 5. The molecule has 2 aliphatic rings. The van der Waals surface area contributed by atoms with Crippen LogP contribution in [0.2, 0.25) is 0 Å². The minimum absolute atomic E-state index is 0.000222. The van der Waals surface area contributed by atoms with Crippen molar-refractivity contribution in [1.29, 1.82) is 0 Å². The van der Waals surface area contributed by atoms with Crippen LogP contribution in [0.4, 0.5) is 0 Å². The molecular formula is C12H20N2O5S. The Balaban J connectivity index is 1.83. The summed E-state index contributed by atoms with van der Waals surface area (Å²) in [7, 11) is -1.46. The molecular weight excluding hydrogens is 284 g/mol. The standard InChI is InChI=1S/C12H20N2O5S/c1-14(9-4-5-20(18,19)7-9)10(15)6-13-11(12(16)17)8-2-3-8/h8-9,11,13H,2-7H2,1H3,(H,16,17). The number of aliphatic carboxylic acids is 1. The number of carbonyl (C=O) groups is 2. The minimum Gasteiger partial charge on any atom is -0.480 e. The highest BCUT2D eigenvalue weighted by Crippen LogP contribution is 2.32. The van der Waals surface area contributed by atoms with Crippen molar-refractivity contribution in [2.24, 2.45) is 5.92 Å². The molecule has 114 valence electrons. The number of rotatable bonds is 6. The number of nitrogens with zero attached hydrogens (tertiary/aromatic N) is 1. The van der Waals surface area contributed by atoms with Crippen LogP contribution in [-0.2, 0) is 19.4 Å². The number of amides is 1. The summed E-state index contributed by atoms with van der Waals surface area (Å²) in [5.74, 6) is -0.981. The van der Waals surface area contributed by atoms with E-state index in [-0.39, 0.29) is 35.9 Å². The number of likely N-dealkylation sites (N-methyl/N-ethyl adjacent to an activating group) is 1. The van der Waals surface area contributed by atoms with Gasteiger partial charge in [0.15, 0.2) is 9.84 Å². The Labute approximate surface area is 118 Å². The van der Waals surface area contributed by atoms with Gasteiger partial charge in [0.1, 0.15) is 6.04 Å². The molecule has 20 heavy (non-hydrogen) atoms. The molecule has 2 atom stereocenters. The van der Waals surface area contributed by atoms with Crippen molar-refractivity contribution in [3.05, 3.63) is 0 Å². The van der Waals surface area contributed by atoms with Crippen LogP contribution in [-0.4, -0.2) is 67.5 Å². The molecule has 1 aliphatic carbocycles. The molecule has 2 unspecified atom stereocenters. The van der Waals surface area contributed by atoms with Crippen molar-refractivity contribution in [3.63, 3.8) is 0 Å². The second-order valence-electron chi connectivity index (χ2n) is 5.60. The Morgan fingerprint density at radius 2 is 2.00 bits per heavy atom. The Kier molecular flexibility index (Phi) is 4.33. The fourth-order valence-electron chi connectivity index (χ4n) is 2.49. The molecule has 1 saturated heterocycles. The summed E-state index contributed by atoms with van der Waals surface area (Å²) in [6.45, 7) is -0.0689. The van der Waals surface area contributed by atoms with Crippen molar-refractivity contribution in [2.75, 3.05) is 25.1 Å². The number of carbonyl (C=O) groups excluding carboxylic acids is 1. The lowest BCUT2D eigenvalue weighted by Crippen LogP contribution is -2.47. The molecule has 0 spiro atoms. The van der Waals surface area contributed by atoms with E-state index in [0.717, 1.165) is 12.8 Å². The third-order valence-electron chi connectivity index (χ3n) is 3.98. The third-order valence-corrected chi connectivity index (χ3v) is 5.73. The summed E-state index contributed by atoms with van der Waals surface area (Å²) in [6.07, 6.45) is 2.19. The van der Waals surface area contributed by atoms with Crippen LogP contribution < -0.4 is 5.32 Å². The summed E-state index contributed by atoms with van der Waals surface area (Å²) >= 11 is 0. The summed E-state index contributed by atoms with van der Waals surface area (Å²) in [5.41, 5.74) is 0. The molecule has 7 nitrogen and oxygen atoms in total. The fraction of sp³-hybridized carbons (Fsp3) is 0.833. The average Bonchev–Trinajstić information content (AvgIpc) is 3.11. The van der Waals surface area contributed by atoms with Crippen LogP contribution in [0.5, 0.6) is 0 Å². The fourth-order valence-corrected chi connectivity index (χ4v) is 4.27. The van der Waals surface area contributed by atoms with Crippen molar-refractivity contribution in [3.8, 4) is 0 Å². The Bertz CT molecular complexity index is 500. The molecule has 1 amide bonds. The zero-order chi connectivity index (χ0) is 14.9. The van der Waals surface area contributed by atoms with Crippen LogP contribution in [0, 0.1) is 5.92 Å². The normalized spacial score (nSPS) is 26.1. The van der Waals surface area contributed by atoms with Gasteiger partial charge in [0, 0.05) is 13.1 Å². The predicted molar refractivity (Wildman–Crippen MR) is 72.0 cm³/mol. The minimum atomic E-state index is -3.03. The topological polar surface area (TPSA) is 104 Å². The molecule has 2 fully saturated rings. The van der Waals surface area contributed by atoms with Gasteiger partial charge in [-0.15, -0.1) is 0 Å². The first-order valence-corrected chi connectivity index (χ1v) is 8.54. The molecule has 1 aliphatic heterocycles. The van der Waals surface area contributed by atoms with Crippen molar-refractivity contribution in [1.82, 2.24) is 10.2 Å². The van der Waals surface area contributed by atoms with E-state index in [1.807, 2.05) is 0 Å². The predicted octanol–water partition coefficient (Wildman–Crippen LogP) is -0.915. The van der Waals surface area contributed by atoms with E-state index < -0.39 is 21.8 Å². The SMILES string of the molecule is CN(C(=O)CNC(C(=O)O)C1CC1)C1CCS(=O)(=O)C1. The first kappa shape index (κ1) is 15.2. The van der Waals surface area contributed by atoms with Gasteiger partial charge in [-0.1, -0.05) is 0 Å². The number of carboxylic acids is 1. The molecule has 0 aromatic heterocycles. The second-order valence-corrected chi connectivity index (χ2v) is 7.82. The zero-order valence-electron chi connectivity index (χ0n) is 11.4. The summed E-state index contributed by atoms with van der Waals surface area (Å²) in [5, 5.41) is 11.8. The first-order chi connectivity index (χ1) is 9.30. The van der Waals surface area contributed by atoms with E-state index in [9.17, 15) is 18.0 Å². The van der Waals surface area contributed by atoms with Crippen LogP contribution in [0.3, 0.4) is 0 Å². The molecule has 0 aromatic rings. The maximum atomic E-state index is 12.0. The highest BCUT2D eigenvalue weighted by Gasteiger charge is 2.37. The number of nitrogens with one attached hydrogen (secondary N) is 1. The average molecular weight is 304 g/mol. The van der Waals surface area contributed by atoms with Gasteiger partial charge in [0.25, 0.3) is 0 Å². The van der Waals surface area contributed by atoms with Gasteiger partial charge in [-0.2, -0.15) is 0 Å². The van der Waals surface area contributed by atoms with Gasteiger partial charge in [-0.05, 0) is 25.2 Å². The molecule has 1 heterocycles. The van der Waals surface area contributed by atoms with Crippen molar-refractivity contribution in [2.45, 2.75) is 31.3 Å². The smallest absolute Gasteiger partial charge is 0.320 e. The van der Waals surface area contributed by atoms with Gasteiger partial charge in [-0.3, -0.25) is 14.9 Å². The number of sulfone groups is 1. The summed E-state index contributed by atoms with van der Waals surface area (Å²) < 4.78 is 22.8. The highest BCUT2D eigenvalue weighted by molar-refractivity contribution is 7.91. The Morgan fingerprint density at radius 1 is 1.35 bits per heavy atom. The first-order valence-electron chi connectivity index (χ1n) is 6.72. The largest absolute Gasteiger partial charge is 0.480 e. The van der Waals surface area contributed by atoms with Crippen molar-refractivity contribution < 1.29 is 23.1 Å². The lowest BCUT2D eigenvalue weighted by molar-refractivity contribution is -0.140. The quantitative estimate of drug-likeness (QED) is 0.658. The van der Waals surface area contributed by atoms with Gasteiger partial charge in [-0.25, -0.2) is 8.42 Å². The molecule has 1 saturated carbocycles. The van der Waals surface area contributed by atoms with Crippen LogP contribution >= 0.6 is 0 Å². The Morgan fingerprint density at radius 3 is 2.45 bits per heavy atom. The molecule has 8 heteroatoms. The number of hydrogen-bond donors (Lipinski definition) is 2. The van der Waals surface area contributed by atoms with E-state index in [1.165, 1.54) is 4.90 Å². The summed E-state index contributed by atoms with van der Waals surface area (Å²) in [4.78, 5) is 24.4. The van der Waals surface area contributed by atoms with E-state index in [1.54, 1.807) is 7.05 Å². The molecule has 2 rings (SSSR count). The van der Waals surface area contributed by atoms with Gasteiger partial charge < -0.3 is 10.0 Å².